The van der Waals surface area contributed by atoms with Crippen molar-refractivity contribution in [3.05, 3.63) is 29.8 Å². The van der Waals surface area contributed by atoms with Crippen LogP contribution in [-0.2, 0) is 9.84 Å². The highest BCUT2D eigenvalue weighted by atomic mass is 32.2. The molecule has 1 fully saturated rings. The molecular formula is C15H22N2O3S. The lowest BCUT2D eigenvalue weighted by molar-refractivity contribution is 0.0573. The number of amides is 1. The third-order valence-corrected chi connectivity index (χ3v) is 5.13. The first-order valence-electron chi connectivity index (χ1n) is 7.14. The maximum atomic E-state index is 12.6. The number of benzene rings is 1. The lowest BCUT2D eigenvalue weighted by Gasteiger charge is -2.38. The number of sulfone groups is 1. The Morgan fingerprint density at radius 1 is 1.43 bits per heavy atom. The van der Waals surface area contributed by atoms with Crippen LogP contribution in [0.25, 0.3) is 0 Å². The van der Waals surface area contributed by atoms with E-state index in [0.29, 0.717) is 24.6 Å². The van der Waals surface area contributed by atoms with Gasteiger partial charge in [-0.1, -0.05) is 13.0 Å². The maximum absolute atomic E-state index is 12.6. The van der Waals surface area contributed by atoms with Gasteiger partial charge in [-0.05, 0) is 37.0 Å². The van der Waals surface area contributed by atoms with Gasteiger partial charge in [-0.3, -0.25) is 4.79 Å². The zero-order valence-electron chi connectivity index (χ0n) is 12.5. The number of hydrogen-bond donors (Lipinski definition) is 1. The van der Waals surface area contributed by atoms with E-state index in [1.165, 1.54) is 12.1 Å². The van der Waals surface area contributed by atoms with E-state index >= 15 is 0 Å². The van der Waals surface area contributed by atoms with Crippen LogP contribution in [0.1, 0.15) is 30.1 Å². The second-order valence-electron chi connectivity index (χ2n) is 5.82. The Morgan fingerprint density at radius 3 is 2.76 bits per heavy atom. The van der Waals surface area contributed by atoms with Gasteiger partial charge in [0.05, 0.1) is 4.90 Å². The van der Waals surface area contributed by atoms with Crippen LogP contribution >= 0.6 is 0 Å². The van der Waals surface area contributed by atoms with Crippen LogP contribution in [0.4, 0.5) is 0 Å². The van der Waals surface area contributed by atoms with E-state index < -0.39 is 9.84 Å². The molecule has 116 valence electrons. The first-order chi connectivity index (χ1) is 9.82. The third-order valence-electron chi connectivity index (χ3n) is 4.02. The fourth-order valence-corrected chi connectivity index (χ4v) is 3.43. The molecule has 2 atom stereocenters. The van der Waals surface area contributed by atoms with Crippen molar-refractivity contribution in [1.82, 2.24) is 4.90 Å². The lowest BCUT2D eigenvalue weighted by Crippen LogP contribution is -2.49. The maximum Gasteiger partial charge on any atom is 0.254 e. The Kier molecular flexibility index (Phi) is 4.68. The minimum Gasteiger partial charge on any atom is -0.334 e. The average molecular weight is 310 g/mol. The fraction of sp³-hybridized carbons (Fsp3) is 0.533. The summed E-state index contributed by atoms with van der Waals surface area (Å²) >= 11 is 0. The predicted octanol–water partition coefficient (Wildman–Crippen LogP) is 1.29. The SMILES string of the molecule is CC1CCN(C(=O)c2cccc(S(C)(=O)=O)c2)C(CN)C1. The van der Waals surface area contributed by atoms with E-state index in [0.717, 1.165) is 19.1 Å². The van der Waals surface area contributed by atoms with E-state index in [-0.39, 0.29) is 16.8 Å². The summed E-state index contributed by atoms with van der Waals surface area (Å²) in [6.45, 7) is 3.27. The first kappa shape index (κ1) is 16.0. The number of nitrogens with two attached hydrogens (primary N) is 1. The molecule has 1 aromatic rings. The summed E-state index contributed by atoms with van der Waals surface area (Å²) in [6.07, 6.45) is 2.99. The van der Waals surface area contributed by atoms with E-state index in [9.17, 15) is 13.2 Å². The van der Waals surface area contributed by atoms with Gasteiger partial charge in [-0.15, -0.1) is 0 Å². The molecule has 0 aliphatic carbocycles. The van der Waals surface area contributed by atoms with Crippen molar-refractivity contribution in [1.29, 1.82) is 0 Å². The monoisotopic (exact) mass is 310 g/mol. The van der Waals surface area contributed by atoms with E-state index in [1.54, 1.807) is 17.0 Å². The van der Waals surface area contributed by atoms with Crippen LogP contribution in [0.15, 0.2) is 29.2 Å². The molecule has 5 nitrogen and oxygen atoms in total. The van der Waals surface area contributed by atoms with Gasteiger partial charge in [0, 0.05) is 31.0 Å². The molecule has 0 spiro atoms. The minimum absolute atomic E-state index is 0.0307. The van der Waals surface area contributed by atoms with Crippen LogP contribution in [0, 0.1) is 5.92 Å². The van der Waals surface area contributed by atoms with Crippen LogP contribution in [0.2, 0.25) is 0 Å². The molecule has 0 radical (unpaired) electrons. The molecule has 1 saturated heterocycles. The number of rotatable bonds is 3. The summed E-state index contributed by atoms with van der Waals surface area (Å²) in [7, 11) is -3.31. The van der Waals surface area contributed by atoms with Crippen LogP contribution in [0.5, 0.6) is 0 Å². The average Bonchev–Trinajstić information content (AvgIpc) is 2.45. The second kappa shape index (κ2) is 6.15. The Balaban J connectivity index is 2.27. The van der Waals surface area contributed by atoms with Crippen LogP contribution in [0.3, 0.4) is 0 Å². The topological polar surface area (TPSA) is 80.5 Å². The third kappa shape index (κ3) is 3.63. The molecule has 1 heterocycles. The summed E-state index contributed by atoms with van der Waals surface area (Å²) in [5.74, 6) is 0.424. The molecule has 0 bridgehead atoms. The van der Waals surface area contributed by atoms with Crippen LogP contribution < -0.4 is 5.73 Å². The van der Waals surface area contributed by atoms with Gasteiger partial charge in [0.15, 0.2) is 9.84 Å². The number of carbonyl (C=O) groups is 1. The zero-order chi connectivity index (χ0) is 15.6. The Morgan fingerprint density at radius 2 is 2.14 bits per heavy atom. The van der Waals surface area contributed by atoms with Gasteiger partial charge < -0.3 is 10.6 Å². The van der Waals surface area contributed by atoms with Gasteiger partial charge >= 0.3 is 0 Å². The second-order valence-corrected chi connectivity index (χ2v) is 7.83. The minimum atomic E-state index is -3.31. The molecule has 21 heavy (non-hydrogen) atoms. The normalized spacial score (nSPS) is 23.1. The highest BCUT2D eigenvalue weighted by Crippen LogP contribution is 2.24. The van der Waals surface area contributed by atoms with E-state index in [2.05, 4.69) is 6.92 Å². The molecule has 1 amide bonds. The van der Waals surface area contributed by atoms with Crippen molar-refractivity contribution in [2.24, 2.45) is 11.7 Å². The largest absolute Gasteiger partial charge is 0.334 e. The van der Waals surface area contributed by atoms with Crippen molar-refractivity contribution >= 4 is 15.7 Å². The smallest absolute Gasteiger partial charge is 0.254 e. The highest BCUT2D eigenvalue weighted by Gasteiger charge is 2.29. The lowest BCUT2D eigenvalue weighted by atomic mass is 9.92. The van der Waals surface area contributed by atoms with E-state index in [1.807, 2.05) is 0 Å². The Labute approximate surface area is 126 Å². The predicted molar refractivity (Wildman–Crippen MR) is 81.8 cm³/mol. The molecule has 2 unspecified atom stereocenters. The van der Waals surface area contributed by atoms with Crippen molar-refractivity contribution in [2.75, 3.05) is 19.3 Å². The molecule has 2 N–H and O–H groups in total. The van der Waals surface area contributed by atoms with Gasteiger partial charge in [0.25, 0.3) is 5.91 Å². The quantitative estimate of drug-likeness (QED) is 0.912. The molecule has 1 aliphatic rings. The zero-order valence-corrected chi connectivity index (χ0v) is 13.3. The molecule has 0 aromatic heterocycles. The highest BCUT2D eigenvalue weighted by molar-refractivity contribution is 7.90. The summed E-state index contributed by atoms with van der Waals surface area (Å²) in [6, 6.07) is 6.24. The Hall–Kier alpha value is -1.40. The molecule has 6 heteroatoms. The summed E-state index contributed by atoms with van der Waals surface area (Å²) in [4.78, 5) is 14.6. The van der Waals surface area contributed by atoms with Crippen LogP contribution in [-0.4, -0.2) is 44.6 Å². The molecule has 1 aliphatic heterocycles. The summed E-state index contributed by atoms with van der Waals surface area (Å²) in [5, 5.41) is 0. The summed E-state index contributed by atoms with van der Waals surface area (Å²) < 4.78 is 23.2. The fourth-order valence-electron chi connectivity index (χ4n) is 2.77. The van der Waals surface area contributed by atoms with Gasteiger partial charge in [0.2, 0.25) is 0 Å². The molecule has 2 rings (SSSR count). The number of hydrogen-bond acceptors (Lipinski definition) is 4. The van der Waals surface area contributed by atoms with E-state index in [4.69, 9.17) is 5.73 Å². The first-order valence-corrected chi connectivity index (χ1v) is 9.03. The number of piperidine rings is 1. The molecular weight excluding hydrogens is 288 g/mol. The van der Waals surface area contributed by atoms with Gasteiger partial charge in [-0.2, -0.15) is 0 Å². The van der Waals surface area contributed by atoms with Gasteiger partial charge in [-0.25, -0.2) is 8.42 Å². The van der Waals surface area contributed by atoms with Crippen molar-refractivity contribution in [3.63, 3.8) is 0 Å². The summed E-state index contributed by atoms with van der Waals surface area (Å²) in [5.41, 5.74) is 6.19. The molecule has 1 aromatic carbocycles. The number of likely N-dealkylation sites (tertiary alicyclic amines) is 1. The molecule has 0 saturated carbocycles. The van der Waals surface area contributed by atoms with Crippen molar-refractivity contribution in [2.45, 2.75) is 30.7 Å². The number of nitrogens with zero attached hydrogens (tertiary/aromatic N) is 1. The van der Waals surface area contributed by atoms with Gasteiger partial charge in [0.1, 0.15) is 0 Å². The van der Waals surface area contributed by atoms with Crippen molar-refractivity contribution < 1.29 is 13.2 Å². The standard InChI is InChI=1S/C15H22N2O3S/c1-11-6-7-17(13(8-11)10-16)15(18)12-4-3-5-14(9-12)21(2,19)20/h3-5,9,11,13H,6-8,10,16H2,1-2H3. The van der Waals surface area contributed by atoms with Crippen molar-refractivity contribution in [3.8, 4) is 0 Å². The number of carbonyl (C=O) groups excluding carboxylic acids is 1. The Bertz CT molecular complexity index is 628.